The van der Waals surface area contributed by atoms with Crippen LogP contribution in [0.1, 0.15) is 39.3 Å². The van der Waals surface area contributed by atoms with E-state index in [1.807, 2.05) is 12.1 Å². The molecule has 0 bridgehead atoms. The molecule has 19 heavy (non-hydrogen) atoms. The number of piperidine rings is 1. The fourth-order valence-corrected chi connectivity index (χ4v) is 2.70. The number of nitrogen functional groups attached to an aromatic ring is 1. The first-order chi connectivity index (χ1) is 8.91. The smallest absolute Gasteiger partial charge is 0.165 e. The minimum absolute atomic E-state index is 0.329. The van der Waals surface area contributed by atoms with Gasteiger partial charge in [0, 0.05) is 13.1 Å². The van der Waals surface area contributed by atoms with Crippen molar-refractivity contribution in [3.63, 3.8) is 0 Å². The molecule has 0 spiro atoms. The Morgan fingerprint density at radius 1 is 1.32 bits per heavy atom. The van der Waals surface area contributed by atoms with Gasteiger partial charge in [-0.05, 0) is 36.3 Å². The van der Waals surface area contributed by atoms with Gasteiger partial charge >= 0.3 is 0 Å². The molecular formula is C15H22N4. The maximum absolute atomic E-state index is 8.98. The van der Waals surface area contributed by atoms with Crippen LogP contribution in [0.4, 0.5) is 11.5 Å². The SMILES string of the molecule is CC(C)(C)C1CCN(c2ccc(N)c(C#N)n2)CC1. The summed E-state index contributed by atoms with van der Waals surface area (Å²) < 4.78 is 0. The number of nitrogens with two attached hydrogens (primary N) is 1. The molecule has 102 valence electrons. The standard InChI is InChI=1S/C15H22N4/c1-15(2,3)11-6-8-19(9-7-11)14-5-4-12(17)13(10-16)18-14/h4-5,11H,6-9,17H2,1-3H3. The third kappa shape index (κ3) is 2.98. The number of nitriles is 1. The number of rotatable bonds is 1. The van der Waals surface area contributed by atoms with Crippen LogP contribution >= 0.6 is 0 Å². The molecule has 0 unspecified atom stereocenters. The molecule has 2 heterocycles. The maximum atomic E-state index is 8.98. The molecule has 0 aliphatic carbocycles. The highest BCUT2D eigenvalue weighted by Crippen LogP contribution is 2.35. The topological polar surface area (TPSA) is 65.9 Å². The van der Waals surface area contributed by atoms with Gasteiger partial charge in [0.05, 0.1) is 5.69 Å². The van der Waals surface area contributed by atoms with Gasteiger partial charge in [-0.25, -0.2) is 4.98 Å². The van der Waals surface area contributed by atoms with Crippen LogP contribution in [0.15, 0.2) is 12.1 Å². The van der Waals surface area contributed by atoms with E-state index in [9.17, 15) is 0 Å². The largest absolute Gasteiger partial charge is 0.396 e. The fraction of sp³-hybridized carbons (Fsp3) is 0.600. The summed E-state index contributed by atoms with van der Waals surface area (Å²) in [6, 6.07) is 5.73. The van der Waals surface area contributed by atoms with Crippen LogP contribution in [0, 0.1) is 22.7 Å². The molecule has 2 rings (SSSR count). The van der Waals surface area contributed by atoms with Gasteiger partial charge in [-0.2, -0.15) is 5.26 Å². The Bertz CT molecular complexity index is 488. The summed E-state index contributed by atoms with van der Waals surface area (Å²) >= 11 is 0. The molecule has 0 amide bonds. The van der Waals surface area contributed by atoms with Crippen molar-refractivity contribution < 1.29 is 0 Å². The minimum Gasteiger partial charge on any atom is -0.396 e. The molecule has 1 aliphatic heterocycles. The van der Waals surface area contributed by atoms with Gasteiger partial charge in [0.1, 0.15) is 11.9 Å². The average molecular weight is 258 g/mol. The van der Waals surface area contributed by atoms with E-state index >= 15 is 0 Å². The predicted octanol–water partition coefficient (Wildman–Crippen LogP) is 2.80. The van der Waals surface area contributed by atoms with Crippen molar-refractivity contribution in [3.05, 3.63) is 17.8 Å². The quantitative estimate of drug-likeness (QED) is 0.841. The Hall–Kier alpha value is -1.76. The second-order valence-corrected chi connectivity index (χ2v) is 6.35. The van der Waals surface area contributed by atoms with Crippen LogP contribution in [0.2, 0.25) is 0 Å². The van der Waals surface area contributed by atoms with Crippen molar-refractivity contribution in [1.82, 2.24) is 4.98 Å². The lowest BCUT2D eigenvalue weighted by Crippen LogP contribution is -2.38. The fourth-order valence-electron chi connectivity index (χ4n) is 2.70. The molecule has 1 aromatic rings. The highest BCUT2D eigenvalue weighted by atomic mass is 15.2. The molecule has 4 heteroatoms. The molecule has 0 radical (unpaired) electrons. The Morgan fingerprint density at radius 3 is 2.47 bits per heavy atom. The van der Waals surface area contributed by atoms with Crippen molar-refractivity contribution in [2.75, 3.05) is 23.7 Å². The highest BCUT2D eigenvalue weighted by molar-refractivity contribution is 5.55. The highest BCUT2D eigenvalue weighted by Gasteiger charge is 2.29. The summed E-state index contributed by atoms with van der Waals surface area (Å²) in [5, 5.41) is 8.98. The second kappa shape index (κ2) is 5.08. The summed E-state index contributed by atoms with van der Waals surface area (Å²) in [5.41, 5.74) is 6.86. The van der Waals surface area contributed by atoms with E-state index in [1.165, 1.54) is 12.8 Å². The second-order valence-electron chi connectivity index (χ2n) is 6.35. The average Bonchev–Trinajstić information content (AvgIpc) is 2.38. The Morgan fingerprint density at radius 2 is 1.95 bits per heavy atom. The zero-order valence-electron chi connectivity index (χ0n) is 12.0. The van der Waals surface area contributed by atoms with Crippen LogP contribution in [0.3, 0.4) is 0 Å². The summed E-state index contributed by atoms with van der Waals surface area (Å²) in [5.74, 6) is 1.63. The molecule has 2 N–H and O–H groups in total. The van der Waals surface area contributed by atoms with Crippen LogP contribution in [-0.2, 0) is 0 Å². The van der Waals surface area contributed by atoms with Gasteiger partial charge in [-0.3, -0.25) is 0 Å². The van der Waals surface area contributed by atoms with Crippen molar-refractivity contribution in [1.29, 1.82) is 5.26 Å². The lowest BCUT2D eigenvalue weighted by atomic mass is 9.75. The Balaban J connectivity index is 2.08. The zero-order valence-corrected chi connectivity index (χ0v) is 12.0. The Labute approximate surface area is 115 Å². The van der Waals surface area contributed by atoms with Crippen LogP contribution in [-0.4, -0.2) is 18.1 Å². The van der Waals surface area contributed by atoms with E-state index in [1.54, 1.807) is 6.07 Å². The number of hydrogen-bond donors (Lipinski definition) is 1. The molecule has 1 aliphatic rings. The normalized spacial score (nSPS) is 17.3. The van der Waals surface area contributed by atoms with Crippen molar-refractivity contribution >= 4 is 11.5 Å². The lowest BCUT2D eigenvalue weighted by molar-refractivity contribution is 0.198. The number of aromatic nitrogens is 1. The van der Waals surface area contributed by atoms with Gasteiger partial charge in [-0.1, -0.05) is 20.8 Å². The van der Waals surface area contributed by atoms with E-state index in [-0.39, 0.29) is 0 Å². The Kier molecular flexibility index (Phi) is 3.66. The van der Waals surface area contributed by atoms with Crippen molar-refractivity contribution in [2.45, 2.75) is 33.6 Å². The van der Waals surface area contributed by atoms with Crippen molar-refractivity contribution in [3.8, 4) is 6.07 Å². The number of hydrogen-bond acceptors (Lipinski definition) is 4. The summed E-state index contributed by atoms with van der Waals surface area (Å²) in [4.78, 5) is 6.59. The van der Waals surface area contributed by atoms with Gasteiger partial charge in [0.25, 0.3) is 0 Å². The zero-order chi connectivity index (χ0) is 14.0. The molecule has 4 nitrogen and oxygen atoms in total. The van der Waals surface area contributed by atoms with Gasteiger partial charge in [-0.15, -0.1) is 0 Å². The van der Waals surface area contributed by atoms with Crippen LogP contribution in [0.5, 0.6) is 0 Å². The molecule has 0 aromatic carbocycles. The van der Waals surface area contributed by atoms with E-state index in [2.05, 4.69) is 30.7 Å². The van der Waals surface area contributed by atoms with E-state index in [0.717, 1.165) is 24.8 Å². The first-order valence-electron chi connectivity index (χ1n) is 6.83. The molecule has 1 fully saturated rings. The maximum Gasteiger partial charge on any atom is 0.165 e. The van der Waals surface area contributed by atoms with Gasteiger partial charge in [0.15, 0.2) is 5.69 Å². The third-order valence-electron chi connectivity index (χ3n) is 4.06. The predicted molar refractivity (Wildman–Crippen MR) is 77.8 cm³/mol. The molecule has 0 atom stereocenters. The van der Waals surface area contributed by atoms with Crippen LogP contribution in [0.25, 0.3) is 0 Å². The third-order valence-corrected chi connectivity index (χ3v) is 4.06. The lowest BCUT2D eigenvalue weighted by Gasteiger charge is -2.39. The monoisotopic (exact) mass is 258 g/mol. The van der Waals surface area contributed by atoms with E-state index < -0.39 is 0 Å². The van der Waals surface area contributed by atoms with Gasteiger partial charge < -0.3 is 10.6 Å². The molecular weight excluding hydrogens is 236 g/mol. The summed E-state index contributed by atoms with van der Waals surface area (Å²) in [6.07, 6.45) is 2.36. The van der Waals surface area contributed by atoms with E-state index in [0.29, 0.717) is 16.8 Å². The van der Waals surface area contributed by atoms with Gasteiger partial charge in [0.2, 0.25) is 0 Å². The summed E-state index contributed by atoms with van der Waals surface area (Å²) in [6.45, 7) is 8.93. The number of pyridine rings is 1. The number of nitrogens with zero attached hydrogens (tertiary/aromatic N) is 3. The van der Waals surface area contributed by atoms with Crippen molar-refractivity contribution in [2.24, 2.45) is 11.3 Å². The number of anilines is 2. The summed E-state index contributed by atoms with van der Waals surface area (Å²) in [7, 11) is 0. The molecule has 0 saturated carbocycles. The van der Waals surface area contributed by atoms with E-state index in [4.69, 9.17) is 11.0 Å². The first kappa shape index (κ1) is 13.7. The molecule has 1 aromatic heterocycles. The molecule has 1 saturated heterocycles. The first-order valence-corrected chi connectivity index (χ1v) is 6.83. The minimum atomic E-state index is 0.329. The van der Waals surface area contributed by atoms with Crippen LogP contribution < -0.4 is 10.6 Å².